The van der Waals surface area contributed by atoms with E-state index in [1.165, 1.54) is 0 Å². The third kappa shape index (κ3) is 1.44. The number of halogens is 1. The molecule has 1 aromatic heterocycles. The predicted molar refractivity (Wildman–Crippen MR) is 57.4 cm³/mol. The molecule has 1 atom stereocenters. The van der Waals surface area contributed by atoms with Crippen molar-refractivity contribution in [2.24, 2.45) is 12.8 Å². The van der Waals surface area contributed by atoms with Crippen LogP contribution in [0, 0.1) is 0 Å². The highest BCUT2D eigenvalue weighted by Gasteiger charge is 2.47. The van der Waals surface area contributed by atoms with Crippen LogP contribution in [0.2, 0.25) is 5.02 Å². The molecule has 1 aliphatic rings. The first-order valence-corrected chi connectivity index (χ1v) is 5.42. The predicted octanol–water partition coefficient (Wildman–Crippen LogP) is 2.06. The van der Waals surface area contributed by atoms with Crippen LogP contribution >= 0.6 is 11.6 Å². The van der Waals surface area contributed by atoms with Crippen molar-refractivity contribution in [2.75, 3.05) is 0 Å². The molecule has 1 aromatic rings. The molecule has 3 nitrogen and oxygen atoms in total. The Balaban J connectivity index is 2.36. The van der Waals surface area contributed by atoms with Gasteiger partial charge in [-0.2, -0.15) is 5.10 Å². The fourth-order valence-electron chi connectivity index (χ4n) is 2.18. The van der Waals surface area contributed by atoms with Gasteiger partial charge in [-0.05, 0) is 19.3 Å². The lowest BCUT2D eigenvalue weighted by Gasteiger charge is -2.22. The Morgan fingerprint density at radius 2 is 2.36 bits per heavy atom. The van der Waals surface area contributed by atoms with Crippen LogP contribution in [-0.4, -0.2) is 15.3 Å². The summed E-state index contributed by atoms with van der Waals surface area (Å²) >= 11 is 6.11. The number of aryl methyl sites for hydroxylation is 1. The summed E-state index contributed by atoms with van der Waals surface area (Å²) in [6, 6.07) is 0. The van der Waals surface area contributed by atoms with Crippen molar-refractivity contribution in [3.8, 4) is 0 Å². The number of hydrogen-bond acceptors (Lipinski definition) is 2. The first-order valence-electron chi connectivity index (χ1n) is 5.05. The molecule has 0 aliphatic heterocycles. The summed E-state index contributed by atoms with van der Waals surface area (Å²) in [6.07, 6.45) is 4.93. The zero-order valence-electron chi connectivity index (χ0n) is 8.63. The smallest absolute Gasteiger partial charge is 0.0821 e. The topological polar surface area (TPSA) is 43.8 Å². The van der Waals surface area contributed by atoms with Gasteiger partial charge >= 0.3 is 0 Å². The molecule has 1 aliphatic carbocycles. The van der Waals surface area contributed by atoms with Gasteiger partial charge in [0.25, 0.3) is 0 Å². The van der Waals surface area contributed by atoms with E-state index in [0.29, 0.717) is 5.92 Å². The molecule has 14 heavy (non-hydrogen) atoms. The van der Waals surface area contributed by atoms with Gasteiger partial charge in [0.15, 0.2) is 0 Å². The maximum absolute atomic E-state index is 6.23. The highest BCUT2D eigenvalue weighted by atomic mass is 35.5. The zero-order valence-corrected chi connectivity index (χ0v) is 9.38. The molecule has 1 saturated carbocycles. The summed E-state index contributed by atoms with van der Waals surface area (Å²) in [7, 11) is 1.93. The molecule has 0 radical (unpaired) electrons. The van der Waals surface area contributed by atoms with Crippen LogP contribution in [0.5, 0.6) is 0 Å². The fourth-order valence-corrected chi connectivity index (χ4v) is 2.47. The molecule has 2 rings (SSSR count). The van der Waals surface area contributed by atoms with E-state index >= 15 is 0 Å². The van der Waals surface area contributed by atoms with Crippen molar-refractivity contribution in [2.45, 2.75) is 37.6 Å². The van der Waals surface area contributed by atoms with Crippen LogP contribution in [-0.2, 0) is 7.05 Å². The van der Waals surface area contributed by atoms with Crippen molar-refractivity contribution in [1.82, 2.24) is 9.78 Å². The second kappa shape index (κ2) is 3.24. The Morgan fingerprint density at radius 1 is 1.71 bits per heavy atom. The lowest BCUT2D eigenvalue weighted by Crippen LogP contribution is -2.31. The minimum Gasteiger partial charge on any atom is -0.324 e. The van der Waals surface area contributed by atoms with Gasteiger partial charge in [-0.1, -0.05) is 18.5 Å². The minimum atomic E-state index is -0.0216. The Kier molecular flexibility index (Phi) is 2.32. The van der Waals surface area contributed by atoms with Crippen molar-refractivity contribution in [3.05, 3.63) is 16.9 Å². The molecule has 2 N–H and O–H groups in total. The van der Waals surface area contributed by atoms with Crippen LogP contribution in [0.3, 0.4) is 0 Å². The molecule has 0 aromatic carbocycles. The molecule has 0 amide bonds. The van der Waals surface area contributed by atoms with Crippen LogP contribution < -0.4 is 5.73 Å². The number of rotatable bonds is 3. The van der Waals surface area contributed by atoms with Gasteiger partial charge in [0.2, 0.25) is 0 Å². The standard InChI is InChI=1S/C10H16ClN3/c1-3-7(10(12)4-5-10)9-8(11)6-13-14(9)2/h6-7H,3-5,12H2,1-2H3. The average molecular weight is 214 g/mol. The maximum atomic E-state index is 6.23. The number of nitrogens with two attached hydrogens (primary N) is 1. The first kappa shape index (κ1) is 9.99. The third-order valence-corrected chi connectivity index (χ3v) is 3.49. The van der Waals surface area contributed by atoms with Crippen molar-refractivity contribution in [3.63, 3.8) is 0 Å². The van der Waals surface area contributed by atoms with Crippen LogP contribution in [0.1, 0.15) is 37.8 Å². The van der Waals surface area contributed by atoms with Gasteiger partial charge in [0.05, 0.1) is 16.9 Å². The largest absolute Gasteiger partial charge is 0.324 e. The normalized spacial score (nSPS) is 20.9. The molecule has 78 valence electrons. The Labute approximate surface area is 89.2 Å². The van der Waals surface area contributed by atoms with Gasteiger partial charge in [-0.25, -0.2) is 0 Å². The molecular formula is C10H16ClN3. The van der Waals surface area contributed by atoms with Crippen molar-refractivity contribution >= 4 is 11.6 Å². The van der Waals surface area contributed by atoms with E-state index < -0.39 is 0 Å². The van der Waals surface area contributed by atoms with Crippen LogP contribution in [0.25, 0.3) is 0 Å². The van der Waals surface area contributed by atoms with E-state index in [0.717, 1.165) is 30.0 Å². The molecule has 1 unspecified atom stereocenters. The monoisotopic (exact) mass is 213 g/mol. The van der Waals surface area contributed by atoms with E-state index in [1.54, 1.807) is 6.20 Å². The summed E-state index contributed by atoms with van der Waals surface area (Å²) in [5.41, 5.74) is 7.30. The molecule has 1 fully saturated rings. The van der Waals surface area contributed by atoms with E-state index in [4.69, 9.17) is 17.3 Å². The second-order valence-electron chi connectivity index (χ2n) is 4.20. The van der Waals surface area contributed by atoms with Gasteiger partial charge in [-0.15, -0.1) is 0 Å². The Bertz CT molecular complexity index is 322. The van der Waals surface area contributed by atoms with Gasteiger partial charge < -0.3 is 5.73 Å². The van der Waals surface area contributed by atoms with Gasteiger partial charge in [-0.3, -0.25) is 4.68 Å². The Morgan fingerprint density at radius 3 is 2.71 bits per heavy atom. The fraction of sp³-hybridized carbons (Fsp3) is 0.700. The minimum absolute atomic E-state index is 0.0216. The quantitative estimate of drug-likeness (QED) is 0.836. The van der Waals surface area contributed by atoms with Crippen molar-refractivity contribution < 1.29 is 0 Å². The zero-order chi connectivity index (χ0) is 10.3. The summed E-state index contributed by atoms with van der Waals surface area (Å²) in [6.45, 7) is 2.15. The van der Waals surface area contributed by atoms with Gasteiger partial charge in [0, 0.05) is 18.5 Å². The van der Waals surface area contributed by atoms with Gasteiger partial charge in [0.1, 0.15) is 0 Å². The number of nitrogens with zero attached hydrogens (tertiary/aromatic N) is 2. The molecule has 1 heterocycles. The summed E-state index contributed by atoms with van der Waals surface area (Å²) in [5.74, 6) is 0.350. The summed E-state index contributed by atoms with van der Waals surface area (Å²) < 4.78 is 1.85. The maximum Gasteiger partial charge on any atom is 0.0821 e. The van der Waals surface area contributed by atoms with E-state index in [1.807, 2.05) is 11.7 Å². The summed E-state index contributed by atoms with van der Waals surface area (Å²) in [4.78, 5) is 0. The first-order chi connectivity index (χ1) is 6.58. The van der Waals surface area contributed by atoms with Crippen LogP contribution in [0.4, 0.5) is 0 Å². The lowest BCUT2D eigenvalue weighted by atomic mass is 9.91. The number of aromatic nitrogens is 2. The molecule has 0 bridgehead atoms. The van der Waals surface area contributed by atoms with Crippen molar-refractivity contribution in [1.29, 1.82) is 0 Å². The molecular weight excluding hydrogens is 198 g/mol. The van der Waals surface area contributed by atoms with E-state index in [-0.39, 0.29) is 5.54 Å². The number of hydrogen-bond donors (Lipinski definition) is 1. The van der Waals surface area contributed by atoms with Crippen LogP contribution in [0.15, 0.2) is 6.20 Å². The summed E-state index contributed by atoms with van der Waals surface area (Å²) in [5, 5.41) is 4.90. The molecule has 0 spiro atoms. The van der Waals surface area contributed by atoms with E-state index in [9.17, 15) is 0 Å². The molecule has 0 saturated heterocycles. The SMILES string of the molecule is CCC(c1c(Cl)cnn1C)C1(N)CC1. The van der Waals surface area contributed by atoms with E-state index in [2.05, 4.69) is 12.0 Å². The average Bonchev–Trinajstić information content (AvgIpc) is 2.81. The Hall–Kier alpha value is -0.540. The second-order valence-corrected chi connectivity index (χ2v) is 4.60. The lowest BCUT2D eigenvalue weighted by molar-refractivity contribution is 0.472. The third-order valence-electron chi connectivity index (χ3n) is 3.20. The highest BCUT2D eigenvalue weighted by Crippen LogP contribution is 2.47. The highest BCUT2D eigenvalue weighted by molar-refractivity contribution is 6.31. The molecule has 4 heteroatoms.